The van der Waals surface area contributed by atoms with Crippen molar-refractivity contribution < 1.29 is 4.79 Å². The highest BCUT2D eigenvalue weighted by atomic mass is 35.5. The van der Waals surface area contributed by atoms with E-state index in [1.807, 2.05) is 55.4 Å². The van der Waals surface area contributed by atoms with Gasteiger partial charge in [-0.2, -0.15) is 0 Å². The van der Waals surface area contributed by atoms with Gasteiger partial charge in [-0.05, 0) is 43.1 Å². The minimum absolute atomic E-state index is 0.0406. The third-order valence-corrected chi connectivity index (χ3v) is 4.83. The first-order chi connectivity index (χ1) is 12.0. The van der Waals surface area contributed by atoms with Crippen molar-refractivity contribution >= 4 is 28.9 Å². The van der Waals surface area contributed by atoms with Crippen molar-refractivity contribution in [1.82, 2.24) is 4.90 Å². The van der Waals surface area contributed by atoms with E-state index < -0.39 is 0 Å². The summed E-state index contributed by atoms with van der Waals surface area (Å²) in [5.41, 5.74) is 2.94. The van der Waals surface area contributed by atoms with Crippen molar-refractivity contribution in [3.63, 3.8) is 0 Å². The number of nitrogens with one attached hydrogen (secondary N) is 1. The van der Waals surface area contributed by atoms with E-state index in [2.05, 4.69) is 22.3 Å². The molecule has 0 radical (unpaired) electrons. The Bertz CT molecular complexity index is 733. The minimum atomic E-state index is -0.103. The number of amides is 1. The lowest BCUT2D eigenvalue weighted by Gasteiger charge is -2.25. The second kappa shape index (κ2) is 7.89. The molecule has 0 saturated carbocycles. The number of likely N-dealkylation sites (tertiary alicyclic amines) is 1. The predicted octanol–water partition coefficient (Wildman–Crippen LogP) is 4.01. The number of rotatable bonds is 5. The molecule has 1 aliphatic rings. The van der Waals surface area contributed by atoms with Crippen molar-refractivity contribution in [3.8, 4) is 0 Å². The normalized spacial score (nSPS) is 17.5. The number of anilines is 2. The number of benzene rings is 2. The average molecular weight is 358 g/mol. The molecule has 5 heteroatoms. The van der Waals surface area contributed by atoms with Gasteiger partial charge in [0.15, 0.2) is 0 Å². The maximum absolute atomic E-state index is 12.9. The zero-order valence-corrected chi connectivity index (χ0v) is 15.5. The molecular formula is C20H24ClN3O. The van der Waals surface area contributed by atoms with Gasteiger partial charge >= 0.3 is 0 Å². The summed E-state index contributed by atoms with van der Waals surface area (Å²) in [7, 11) is 3.91. The fourth-order valence-corrected chi connectivity index (χ4v) is 3.52. The summed E-state index contributed by atoms with van der Waals surface area (Å²) >= 11 is 6.12. The van der Waals surface area contributed by atoms with Crippen molar-refractivity contribution in [1.29, 1.82) is 0 Å². The van der Waals surface area contributed by atoms with Gasteiger partial charge in [-0.1, -0.05) is 41.9 Å². The summed E-state index contributed by atoms with van der Waals surface area (Å²) in [4.78, 5) is 17.1. The van der Waals surface area contributed by atoms with E-state index in [1.54, 1.807) is 0 Å². The lowest BCUT2D eigenvalue weighted by molar-refractivity contribution is -0.120. The number of hydrogen-bond acceptors (Lipinski definition) is 3. The molecule has 0 bridgehead atoms. The van der Waals surface area contributed by atoms with Gasteiger partial charge in [-0.15, -0.1) is 0 Å². The number of hydrogen-bond donors (Lipinski definition) is 1. The first-order valence-electron chi connectivity index (χ1n) is 8.60. The SMILES string of the molecule is CN(C)c1ccc(Cl)cc1NC(=O)[C@@H]1CCCN1Cc1ccccc1. The highest BCUT2D eigenvalue weighted by Crippen LogP contribution is 2.29. The van der Waals surface area contributed by atoms with Gasteiger partial charge in [0.2, 0.25) is 5.91 Å². The number of carbonyl (C=O) groups excluding carboxylic acids is 1. The van der Waals surface area contributed by atoms with Crippen LogP contribution in [0.3, 0.4) is 0 Å². The van der Waals surface area contributed by atoms with E-state index in [0.717, 1.165) is 37.3 Å². The summed E-state index contributed by atoms with van der Waals surface area (Å²) in [5, 5.41) is 3.70. The van der Waals surface area contributed by atoms with Crippen LogP contribution in [0, 0.1) is 0 Å². The molecule has 0 aliphatic carbocycles. The fourth-order valence-electron chi connectivity index (χ4n) is 3.34. The van der Waals surface area contributed by atoms with Crippen LogP contribution < -0.4 is 10.2 Å². The highest BCUT2D eigenvalue weighted by molar-refractivity contribution is 6.31. The zero-order valence-electron chi connectivity index (χ0n) is 14.7. The van der Waals surface area contributed by atoms with E-state index in [9.17, 15) is 4.79 Å². The van der Waals surface area contributed by atoms with Crippen LogP contribution in [0.1, 0.15) is 18.4 Å². The molecular weight excluding hydrogens is 334 g/mol. The summed E-state index contributed by atoms with van der Waals surface area (Å²) in [5.74, 6) is 0.0406. The van der Waals surface area contributed by atoms with Gasteiger partial charge in [0.25, 0.3) is 0 Å². The first kappa shape index (κ1) is 17.8. The van der Waals surface area contributed by atoms with Crippen LogP contribution >= 0.6 is 11.6 Å². The molecule has 1 saturated heterocycles. The summed E-state index contributed by atoms with van der Waals surface area (Å²) in [6.07, 6.45) is 1.93. The quantitative estimate of drug-likeness (QED) is 0.878. The molecule has 3 rings (SSSR count). The standard InChI is InChI=1S/C20H24ClN3O/c1-23(2)18-11-10-16(21)13-17(18)22-20(25)19-9-6-12-24(19)14-15-7-4-3-5-8-15/h3-5,7-8,10-11,13,19H,6,9,12,14H2,1-2H3,(H,22,25)/t19-/m0/s1. The zero-order chi connectivity index (χ0) is 17.8. The smallest absolute Gasteiger partial charge is 0.241 e. The van der Waals surface area contributed by atoms with E-state index in [1.165, 1.54) is 5.56 Å². The number of carbonyl (C=O) groups is 1. The van der Waals surface area contributed by atoms with Gasteiger partial charge in [0, 0.05) is 25.7 Å². The second-order valence-electron chi connectivity index (χ2n) is 6.66. The molecule has 0 spiro atoms. The molecule has 1 heterocycles. The second-order valence-corrected chi connectivity index (χ2v) is 7.10. The van der Waals surface area contributed by atoms with Crippen molar-refractivity contribution in [2.24, 2.45) is 0 Å². The molecule has 25 heavy (non-hydrogen) atoms. The van der Waals surface area contributed by atoms with Crippen LogP contribution in [0.5, 0.6) is 0 Å². The van der Waals surface area contributed by atoms with E-state index in [0.29, 0.717) is 5.02 Å². The number of halogens is 1. The van der Waals surface area contributed by atoms with Gasteiger partial charge in [-0.25, -0.2) is 0 Å². The lowest BCUT2D eigenvalue weighted by atomic mass is 10.1. The van der Waals surface area contributed by atoms with Crippen LogP contribution in [0.25, 0.3) is 0 Å². The molecule has 2 aromatic rings. The molecule has 2 aromatic carbocycles. The van der Waals surface area contributed by atoms with Crippen LogP contribution in [0.15, 0.2) is 48.5 Å². The lowest BCUT2D eigenvalue weighted by Crippen LogP contribution is -2.39. The highest BCUT2D eigenvalue weighted by Gasteiger charge is 2.31. The molecule has 1 fully saturated rings. The van der Waals surface area contributed by atoms with Gasteiger partial charge in [-0.3, -0.25) is 9.69 Å². The predicted molar refractivity (Wildman–Crippen MR) is 104 cm³/mol. The number of nitrogens with zero attached hydrogens (tertiary/aromatic N) is 2. The Balaban J connectivity index is 1.73. The minimum Gasteiger partial charge on any atom is -0.376 e. The third kappa shape index (κ3) is 4.33. The van der Waals surface area contributed by atoms with Crippen LogP contribution in [0.2, 0.25) is 5.02 Å². The fraction of sp³-hybridized carbons (Fsp3) is 0.350. The van der Waals surface area contributed by atoms with Crippen LogP contribution in [-0.2, 0) is 11.3 Å². The van der Waals surface area contributed by atoms with Gasteiger partial charge in [0.05, 0.1) is 17.4 Å². The monoisotopic (exact) mass is 357 g/mol. The Kier molecular flexibility index (Phi) is 5.61. The Morgan fingerprint density at radius 2 is 2.00 bits per heavy atom. The molecule has 4 nitrogen and oxygen atoms in total. The van der Waals surface area contributed by atoms with Crippen molar-refractivity contribution in [3.05, 3.63) is 59.1 Å². The summed E-state index contributed by atoms with van der Waals surface area (Å²) < 4.78 is 0. The third-order valence-electron chi connectivity index (χ3n) is 4.59. The van der Waals surface area contributed by atoms with Gasteiger partial charge < -0.3 is 10.2 Å². The molecule has 0 aromatic heterocycles. The first-order valence-corrected chi connectivity index (χ1v) is 8.98. The molecule has 1 amide bonds. The molecule has 1 N–H and O–H groups in total. The van der Waals surface area contributed by atoms with E-state index in [-0.39, 0.29) is 11.9 Å². The topological polar surface area (TPSA) is 35.6 Å². The Labute approximate surface area is 154 Å². The van der Waals surface area contributed by atoms with Crippen LogP contribution in [-0.4, -0.2) is 37.5 Å². The molecule has 1 aliphatic heterocycles. The maximum Gasteiger partial charge on any atom is 0.241 e. The van der Waals surface area contributed by atoms with Crippen LogP contribution in [0.4, 0.5) is 11.4 Å². The molecule has 132 valence electrons. The van der Waals surface area contributed by atoms with Gasteiger partial charge in [0.1, 0.15) is 0 Å². The van der Waals surface area contributed by atoms with Crippen molar-refractivity contribution in [2.45, 2.75) is 25.4 Å². The van der Waals surface area contributed by atoms with Crippen molar-refractivity contribution in [2.75, 3.05) is 30.9 Å². The molecule has 0 unspecified atom stereocenters. The van der Waals surface area contributed by atoms with E-state index >= 15 is 0 Å². The Morgan fingerprint density at radius 3 is 2.72 bits per heavy atom. The van der Waals surface area contributed by atoms with E-state index in [4.69, 9.17) is 11.6 Å². The molecule has 1 atom stereocenters. The maximum atomic E-state index is 12.9. The average Bonchev–Trinajstić information content (AvgIpc) is 3.04. The summed E-state index contributed by atoms with van der Waals surface area (Å²) in [6.45, 7) is 1.75. The Hall–Kier alpha value is -2.04. The summed E-state index contributed by atoms with van der Waals surface area (Å²) in [6, 6.07) is 15.8. The largest absolute Gasteiger partial charge is 0.376 e. The Morgan fingerprint density at radius 1 is 1.24 bits per heavy atom.